The monoisotopic (exact) mass is 425 g/mol. The third kappa shape index (κ3) is 4.01. The van der Waals surface area contributed by atoms with Crippen molar-refractivity contribution >= 4 is 44.3 Å². The summed E-state index contributed by atoms with van der Waals surface area (Å²) in [4.78, 5) is 31.2. The minimum absolute atomic E-state index is 0.0578. The molecule has 1 heterocycles. The van der Waals surface area contributed by atoms with E-state index in [0.717, 1.165) is 20.9 Å². The van der Waals surface area contributed by atoms with E-state index < -0.39 is 0 Å². The van der Waals surface area contributed by atoms with Crippen LogP contribution >= 0.6 is 15.9 Å². The van der Waals surface area contributed by atoms with E-state index in [9.17, 15) is 9.59 Å². The fraction of sp³-hybridized carbons (Fsp3) is 0.190. The Kier molecular flexibility index (Phi) is 5.56. The van der Waals surface area contributed by atoms with E-state index in [1.54, 1.807) is 20.3 Å². The van der Waals surface area contributed by atoms with Crippen LogP contribution in [0.15, 0.2) is 53.1 Å². The van der Waals surface area contributed by atoms with Gasteiger partial charge in [0.25, 0.3) is 5.91 Å². The Morgan fingerprint density at radius 2 is 1.85 bits per heavy atom. The van der Waals surface area contributed by atoms with E-state index in [2.05, 4.69) is 26.2 Å². The lowest BCUT2D eigenvalue weighted by molar-refractivity contribution is -0.127. The molecule has 0 saturated carbocycles. The number of nitrogens with one attached hydrogen (secondary N) is 1. The molecule has 6 heteroatoms. The van der Waals surface area contributed by atoms with Gasteiger partial charge in [0.15, 0.2) is 0 Å². The Hall–Kier alpha value is -2.73. The highest BCUT2D eigenvalue weighted by molar-refractivity contribution is 9.10. The molecule has 0 aliphatic rings. The predicted molar refractivity (Wildman–Crippen MR) is 111 cm³/mol. The fourth-order valence-corrected chi connectivity index (χ4v) is 3.25. The van der Waals surface area contributed by atoms with Crippen LogP contribution in [-0.2, 0) is 11.2 Å². The van der Waals surface area contributed by atoms with E-state index >= 15 is 0 Å². The van der Waals surface area contributed by atoms with Gasteiger partial charge in [-0.05, 0) is 36.2 Å². The number of nitrogens with zero attached hydrogens (tertiary/aromatic N) is 2. The van der Waals surface area contributed by atoms with Gasteiger partial charge < -0.3 is 10.2 Å². The van der Waals surface area contributed by atoms with E-state index in [1.165, 1.54) is 4.90 Å². The van der Waals surface area contributed by atoms with Crippen molar-refractivity contribution in [1.82, 2.24) is 9.88 Å². The molecule has 2 amide bonds. The average molecular weight is 426 g/mol. The highest BCUT2D eigenvalue weighted by Crippen LogP contribution is 2.27. The van der Waals surface area contributed by atoms with Crippen molar-refractivity contribution in [3.63, 3.8) is 0 Å². The molecule has 1 N–H and O–H groups in total. The summed E-state index contributed by atoms with van der Waals surface area (Å²) in [5.74, 6) is -0.314. The van der Waals surface area contributed by atoms with Gasteiger partial charge >= 0.3 is 0 Å². The lowest BCUT2D eigenvalue weighted by Crippen LogP contribution is -2.25. The minimum Gasteiger partial charge on any atom is -0.349 e. The van der Waals surface area contributed by atoms with E-state index in [4.69, 9.17) is 0 Å². The highest BCUT2D eigenvalue weighted by Gasteiger charge is 2.20. The lowest BCUT2D eigenvalue weighted by Gasteiger charge is -2.16. The van der Waals surface area contributed by atoms with Crippen LogP contribution in [0.4, 0.5) is 5.69 Å². The maximum absolute atomic E-state index is 13.1. The molecule has 0 unspecified atom stereocenters. The summed E-state index contributed by atoms with van der Waals surface area (Å²) in [6, 6.07) is 13.1. The number of pyridine rings is 1. The van der Waals surface area contributed by atoms with Crippen LogP contribution in [0.3, 0.4) is 0 Å². The molecule has 0 atom stereocenters. The summed E-state index contributed by atoms with van der Waals surface area (Å²) in [7, 11) is 3.41. The van der Waals surface area contributed by atoms with E-state index in [-0.39, 0.29) is 18.2 Å². The number of rotatable bonds is 4. The van der Waals surface area contributed by atoms with Crippen LogP contribution < -0.4 is 5.32 Å². The van der Waals surface area contributed by atoms with Crippen LogP contribution in [0.25, 0.3) is 10.9 Å². The number of anilines is 1. The molecule has 1 aromatic heterocycles. The van der Waals surface area contributed by atoms with Gasteiger partial charge in [-0.15, -0.1) is 0 Å². The summed E-state index contributed by atoms with van der Waals surface area (Å²) < 4.78 is 0.824. The highest BCUT2D eigenvalue weighted by atomic mass is 79.9. The van der Waals surface area contributed by atoms with E-state index in [1.807, 2.05) is 49.4 Å². The first-order valence-corrected chi connectivity index (χ1v) is 9.31. The van der Waals surface area contributed by atoms with Gasteiger partial charge in [-0.2, -0.15) is 0 Å². The normalized spacial score (nSPS) is 10.7. The number of para-hydroxylation sites is 1. The first-order chi connectivity index (χ1) is 12.9. The zero-order chi connectivity index (χ0) is 19.6. The van der Waals surface area contributed by atoms with Crippen LogP contribution in [0, 0.1) is 6.92 Å². The van der Waals surface area contributed by atoms with Crippen molar-refractivity contribution in [3.8, 4) is 0 Å². The Labute approximate surface area is 166 Å². The van der Waals surface area contributed by atoms with Gasteiger partial charge in [-0.3, -0.25) is 14.6 Å². The number of carbonyl (C=O) groups excluding carboxylic acids is 2. The average Bonchev–Trinajstić information content (AvgIpc) is 2.65. The van der Waals surface area contributed by atoms with E-state index in [0.29, 0.717) is 16.8 Å². The molecular weight excluding hydrogens is 406 g/mol. The van der Waals surface area contributed by atoms with Gasteiger partial charge in [0.05, 0.1) is 17.6 Å². The van der Waals surface area contributed by atoms with Gasteiger partial charge in [0.2, 0.25) is 5.91 Å². The Bertz CT molecular complexity index is 1030. The molecular formula is C21H20BrN3O2. The Morgan fingerprint density at radius 1 is 1.11 bits per heavy atom. The molecule has 0 radical (unpaired) electrons. The Balaban J connectivity index is 2.01. The molecule has 3 aromatic rings. The Morgan fingerprint density at radius 3 is 2.59 bits per heavy atom. The summed E-state index contributed by atoms with van der Waals surface area (Å²) in [6.45, 7) is 1.87. The number of amides is 2. The predicted octanol–water partition coefficient (Wildman–Crippen LogP) is 4.19. The number of halogens is 1. The van der Waals surface area contributed by atoms with Gasteiger partial charge in [0, 0.05) is 35.7 Å². The largest absolute Gasteiger partial charge is 0.349 e. The molecule has 27 heavy (non-hydrogen) atoms. The fourth-order valence-electron chi connectivity index (χ4n) is 2.92. The number of hydrogen-bond donors (Lipinski definition) is 1. The standard InChI is InChI=1S/C21H20BrN3O2/c1-13-16(22)10-9-15(12-18(26)25(2)3)19(13)21(27)24-17-8-4-6-14-7-5-11-23-20(14)17/h4-11H,12H2,1-3H3,(H,24,27). The lowest BCUT2D eigenvalue weighted by atomic mass is 9.98. The second-order valence-corrected chi connectivity index (χ2v) is 7.36. The molecule has 138 valence electrons. The van der Waals surface area contributed by atoms with Gasteiger partial charge in [0.1, 0.15) is 0 Å². The molecule has 5 nitrogen and oxygen atoms in total. The number of fused-ring (bicyclic) bond motifs is 1. The van der Waals surface area contributed by atoms with Crippen molar-refractivity contribution < 1.29 is 9.59 Å². The quantitative estimate of drug-likeness (QED) is 0.681. The zero-order valence-corrected chi connectivity index (χ0v) is 17.0. The van der Waals surface area contributed by atoms with Crippen molar-refractivity contribution in [2.75, 3.05) is 19.4 Å². The molecule has 0 aliphatic heterocycles. The zero-order valence-electron chi connectivity index (χ0n) is 15.4. The van der Waals surface area contributed by atoms with Crippen molar-refractivity contribution in [3.05, 3.63) is 69.8 Å². The van der Waals surface area contributed by atoms with Crippen molar-refractivity contribution in [2.45, 2.75) is 13.3 Å². The molecule has 0 bridgehead atoms. The number of carbonyl (C=O) groups is 2. The maximum Gasteiger partial charge on any atom is 0.256 e. The second-order valence-electron chi connectivity index (χ2n) is 6.51. The van der Waals surface area contributed by atoms with Crippen molar-refractivity contribution in [1.29, 1.82) is 0 Å². The molecule has 3 rings (SSSR count). The third-order valence-corrected chi connectivity index (χ3v) is 5.29. The first kappa shape index (κ1) is 19.0. The molecule has 0 spiro atoms. The van der Waals surface area contributed by atoms with Gasteiger partial charge in [-0.1, -0.05) is 40.2 Å². The summed E-state index contributed by atoms with van der Waals surface area (Å²) in [6.07, 6.45) is 1.86. The number of hydrogen-bond acceptors (Lipinski definition) is 3. The molecule has 0 saturated heterocycles. The third-order valence-electron chi connectivity index (χ3n) is 4.43. The van der Waals surface area contributed by atoms with Crippen LogP contribution in [0.1, 0.15) is 21.5 Å². The summed E-state index contributed by atoms with van der Waals surface area (Å²) in [5, 5.41) is 3.91. The van der Waals surface area contributed by atoms with Crippen molar-refractivity contribution in [2.24, 2.45) is 0 Å². The summed E-state index contributed by atoms with van der Waals surface area (Å²) in [5.41, 5.74) is 3.37. The number of likely N-dealkylation sites (N-methyl/N-ethyl adjacent to an activating group) is 1. The first-order valence-electron chi connectivity index (χ1n) is 8.51. The smallest absolute Gasteiger partial charge is 0.256 e. The molecule has 2 aromatic carbocycles. The maximum atomic E-state index is 13.1. The number of aromatic nitrogens is 1. The molecule has 0 aliphatic carbocycles. The summed E-state index contributed by atoms with van der Waals surface area (Å²) >= 11 is 3.48. The molecule has 0 fully saturated rings. The second kappa shape index (κ2) is 7.88. The number of benzene rings is 2. The van der Waals surface area contributed by atoms with Crippen LogP contribution in [-0.4, -0.2) is 35.8 Å². The van der Waals surface area contributed by atoms with Crippen LogP contribution in [0.2, 0.25) is 0 Å². The SMILES string of the molecule is Cc1c(Br)ccc(CC(=O)N(C)C)c1C(=O)Nc1cccc2cccnc12. The topological polar surface area (TPSA) is 62.3 Å². The van der Waals surface area contributed by atoms with Crippen LogP contribution in [0.5, 0.6) is 0 Å². The minimum atomic E-state index is -0.256. The van der Waals surface area contributed by atoms with Gasteiger partial charge in [-0.25, -0.2) is 0 Å².